The van der Waals surface area contributed by atoms with Gasteiger partial charge in [0.05, 0.1) is 0 Å². The minimum Gasteiger partial charge on any atom is -0.370 e. The summed E-state index contributed by atoms with van der Waals surface area (Å²) in [7, 11) is 0. The first-order valence-electron chi connectivity index (χ1n) is 6.41. The third-order valence-corrected chi connectivity index (χ3v) is 3.15. The van der Waals surface area contributed by atoms with E-state index in [1.807, 2.05) is 24.3 Å². The fourth-order valence-corrected chi connectivity index (χ4v) is 2.10. The Bertz CT molecular complexity index is 453. The van der Waals surface area contributed by atoms with Crippen LogP contribution in [0.5, 0.6) is 0 Å². The van der Waals surface area contributed by atoms with E-state index in [4.69, 9.17) is 5.73 Å². The summed E-state index contributed by atoms with van der Waals surface area (Å²) in [5.41, 5.74) is 8.68. The van der Waals surface area contributed by atoms with Gasteiger partial charge < -0.3 is 10.6 Å². The van der Waals surface area contributed by atoms with Crippen molar-refractivity contribution in [2.75, 3.05) is 18.0 Å². The molecule has 0 radical (unpaired) electrons. The van der Waals surface area contributed by atoms with Gasteiger partial charge in [-0.3, -0.25) is 0 Å². The third kappa shape index (κ3) is 3.11. The molecule has 0 bridgehead atoms. The molecule has 18 heavy (non-hydrogen) atoms. The molecular weight excluding hydrogens is 220 g/mol. The van der Waals surface area contributed by atoms with Gasteiger partial charge >= 0.3 is 0 Å². The second-order valence-corrected chi connectivity index (χ2v) is 4.39. The lowest BCUT2D eigenvalue weighted by Gasteiger charge is -2.26. The van der Waals surface area contributed by atoms with Crippen LogP contribution in [0, 0.1) is 0 Å². The van der Waals surface area contributed by atoms with Gasteiger partial charge in [-0.1, -0.05) is 48.5 Å². The van der Waals surface area contributed by atoms with Gasteiger partial charge in [0.25, 0.3) is 0 Å². The first-order valence-corrected chi connectivity index (χ1v) is 6.41. The van der Waals surface area contributed by atoms with Crippen molar-refractivity contribution in [2.45, 2.75) is 13.0 Å². The van der Waals surface area contributed by atoms with Crippen molar-refractivity contribution in [3.63, 3.8) is 0 Å². The molecule has 0 aliphatic rings. The van der Waals surface area contributed by atoms with E-state index in [-0.39, 0.29) is 6.04 Å². The third-order valence-electron chi connectivity index (χ3n) is 3.15. The number of rotatable bonds is 5. The highest BCUT2D eigenvalue weighted by Gasteiger charge is 2.11. The van der Waals surface area contributed by atoms with E-state index in [0.29, 0.717) is 0 Å². The van der Waals surface area contributed by atoms with Crippen LogP contribution in [-0.2, 0) is 0 Å². The maximum Gasteiger partial charge on any atom is 0.0473 e. The number of benzene rings is 2. The first kappa shape index (κ1) is 12.7. The Kier molecular flexibility index (Phi) is 4.37. The molecule has 0 spiro atoms. The topological polar surface area (TPSA) is 29.3 Å². The van der Waals surface area contributed by atoms with Crippen molar-refractivity contribution in [2.24, 2.45) is 5.73 Å². The van der Waals surface area contributed by atoms with E-state index in [1.54, 1.807) is 0 Å². The first-order chi connectivity index (χ1) is 8.81. The summed E-state index contributed by atoms with van der Waals surface area (Å²) in [5.74, 6) is 0. The summed E-state index contributed by atoms with van der Waals surface area (Å²) in [5, 5.41) is 0. The number of nitrogens with two attached hydrogens (primary N) is 1. The molecule has 1 atom stereocenters. The summed E-state index contributed by atoms with van der Waals surface area (Å²) < 4.78 is 0. The lowest BCUT2D eigenvalue weighted by molar-refractivity contribution is 0.677. The van der Waals surface area contributed by atoms with Crippen molar-refractivity contribution in [1.82, 2.24) is 0 Å². The Morgan fingerprint density at radius 1 is 0.944 bits per heavy atom. The average Bonchev–Trinajstić information content (AvgIpc) is 2.46. The van der Waals surface area contributed by atoms with E-state index in [9.17, 15) is 0 Å². The standard InChI is InChI=1S/C16H20N2/c1-2-18(15-11-7-4-8-12-15)13-16(17)14-9-5-3-6-10-14/h3-12,16H,2,13,17H2,1H3/t16-/m1/s1. The van der Waals surface area contributed by atoms with Crippen LogP contribution in [0.2, 0.25) is 0 Å². The molecule has 0 aliphatic heterocycles. The number of hydrogen-bond acceptors (Lipinski definition) is 2. The zero-order chi connectivity index (χ0) is 12.8. The molecule has 0 amide bonds. The van der Waals surface area contributed by atoms with E-state index >= 15 is 0 Å². The van der Waals surface area contributed by atoms with Crippen molar-refractivity contribution < 1.29 is 0 Å². The Morgan fingerprint density at radius 3 is 2.06 bits per heavy atom. The largest absolute Gasteiger partial charge is 0.370 e. The highest BCUT2D eigenvalue weighted by molar-refractivity contribution is 5.46. The van der Waals surface area contributed by atoms with Crippen LogP contribution < -0.4 is 10.6 Å². The summed E-state index contributed by atoms with van der Waals surface area (Å²) in [4.78, 5) is 2.30. The summed E-state index contributed by atoms with van der Waals surface area (Å²) >= 11 is 0. The molecule has 0 heterocycles. The van der Waals surface area contributed by atoms with Gasteiger partial charge in [0, 0.05) is 24.8 Å². The Labute approximate surface area is 109 Å². The minimum atomic E-state index is 0.0476. The van der Waals surface area contributed by atoms with Crippen molar-refractivity contribution in [1.29, 1.82) is 0 Å². The Morgan fingerprint density at radius 2 is 1.50 bits per heavy atom. The maximum atomic E-state index is 6.27. The lowest BCUT2D eigenvalue weighted by Crippen LogP contribution is -2.32. The van der Waals surface area contributed by atoms with E-state index < -0.39 is 0 Å². The molecule has 0 saturated heterocycles. The van der Waals surface area contributed by atoms with E-state index in [0.717, 1.165) is 13.1 Å². The molecule has 0 fully saturated rings. The Balaban J connectivity index is 2.07. The van der Waals surface area contributed by atoms with Crippen LogP contribution in [0.15, 0.2) is 60.7 Å². The molecule has 0 unspecified atom stereocenters. The van der Waals surface area contributed by atoms with Crippen molar-refractivity contribution in [3.8, 4) is 0 Å². The minimum absolute atomic E-state index is 0.0476. The summed E-state index contributed by atoms with van der Waals surface area (Å²) in [6, 6.07) is 20.7. The molecular formula is C16H20N2. The van der Waals surface area contributed by atoms with Gasteiger partial charge in [0.1, 0.15) is 0 Å². The molecule has 2 N–H and O–H groups in total. The fourth-order valence-electron chi connectivity index (χ4n) is 2.10. The van der Waals surface area contributed by atoms with E-state index in [1.165, 1.54) is 11.3 Å². The SMILES string of the molecule is CCN(C[C@@H](N)c1ccccc1)c1ccccc1. The van der Waals surface area contributed by atoms with Crippen LogP contribution in [0.25, 0.3) is 0 Å². The van der Waals surface area contributed by atoms with Crippen molar-refractivity contribution >= 4 is 5.69 Å². The molecule has 2 rings (SSSR count). The lowest BCUT2D eigenvalue weighted by atomic mass is 10.1. The molecule has 0 aromatic heterocycles. The number of nitrogens with zero attached hydrogens (tertiary/aromatic N) is 1. The fraction of sp³-hybridized carbons (Fsp3) is 0.250. The normalized spacial score (nSPS) is 12.1. The molecule has 0 saturated carbocycles. The van der Waals surface area contributed by atoms with Gasteiger partial charge in [-0.05, 0) is 24.6 Å². The van der Waals surface area contributed by atoms with Gasteiger partial charge in [-0.2, -0.15) is 0 Å². The average molecular weight is 240 g/mol. The molecule has 2 heteroatoms. The zero-order valence-electron chi connectivity index (χ0n) is 10.8. The van der Waals surface area contributed by atoms with Gasteiger partial charge in [-0.25, -0.2) is 0 Å². The maximum absolute atomic E-state index is 6.27. The predicted molar refractivity (Wildman–Crippen MR) is 77.7 cm³/mol. The predicted octanol–water partition coefficient (Wildman–Crippen LogP) is 3.21. The van der Waals surface area contributed by atoms with Crippen molar-refractivity contribution in [3.05, 3.63) is 66.2 Å². The number of anilines is 1. The second-order valence-electron chi connectivity index (χ2n) is 4.39. The quantitative estimate of drug-likeness (QED) is 0.869. The van der Waals surface area contributed by atoms with Gasteiger partial charge in [-0.15, -0.1) is 0 Å². The second kappa shape index (κ2) is 6.22. The van der Waals surface area contributed by atoms with E-state index in [2.05, 4.69) is 48.2 Å². The summed E-state index contributed by atoms with van der Waals surface area (Å²) in [6.45, 7) is 3.96. The van der Waals surface area contributed by atoms with Crippen LogP contribution in [0.4, 0.5) is 5.69 Å². The molecule has 2 aromatic carbocycles. The van der Waals surface area contributed by atoms with Crippen LogP contribution in [-0.4, -0.2) is 13.1 Å². The highest BCUT2D eigenvalue weighted by atomic mass is 15.1. The van der Waals surface area contributed by atoms with Crippen LogP contribution >= 0.6 is 0 Å². The van der Waals surface area contributed by atoms with Crippen LogP contribution in [0.1, 0.15) is 18.5 Å². The number of para-hydroxylation sites is 1. The molecule has 2 aromatic rings. The highest BCUT2D eigenvalue weighted by Crippen LogP contribution is 2.17. The molecule has 2 nitrogen and oxygen atoms in total. The molecule has 0 aliphatic carbocycles. The number of hydrogen-bond donors (Lipinski definition) is 1. The smallest absolute Gasteiger partial charge is 0.0473 e. The van der Waals surface area contributed by atoms with Gasteiger partial charge in [0.2, 0.25) is 0 Å². The van der Waals surface area contributed by atoms with Gasteiger partial charge in [0.15, 0.2) is 0 Å². The summed E-state index contributed by atoms with van der Waals surface area (Å²) in [6.07, 6.45) is 0. The van der Waals surface area contributed by atoms with Crippen LogP contribution in [0.3, 0.4) is 0 Å². The Hall–Kier alpha value is -1.80. The zero-order valence-corrected chi connectivity index (χ0v) is 10.8. The molecule has 94 valence electrons. The number of likely N-dealkylation sites (N-methyl/N-ethyl adjacent to an activating group) is 1. The monoisotopic (exact) mass is 240 g/mol.